The molecular weight excluding hydrogens is 221 g/mol. The van der Waals surface area contributed by atoms with Crippen molar-refractivity contribution in [2.75, 3.05) is 5.75 Å². The van der Waals surface area contributed by atoms with Crippen LogP contribution in [-0.4, -0.2) is 5.75 Å². The maximum absolute atomic E-state index is 13.7. The van der Waals surface area contributed by atoms with Gasteiger partial charge in [-0.05, 0) is 24.5 Å². The number of thioether (sulfide) groups is 1. The van der Waals surface area contributed by atoms with Crippen LogP contribution in [0.4, 0.5) is 4.39 Å². The highest BCUT2D eigenvalue weighted by atomic mass is 32.2. The van der Waals surface area contributed by atoms with E-state index in [2.05, 4.69) is 13.8 Å². The molecule has 16 heavy (non-hydrogen) atoms. The van der Waals surface area contributed by atoms with E-state index in [0.29, 0.717) is 5.92 Å². The molecule has 1 aromatic rings. The van der Waals surface area contributed by atoms with Gasteiger partial charge in [-0.3, -0.25) is 0 Å². The number of hydrogen-bond donors (Lipinski definition) is 1. The van der Waals surface area contributed by atoms with Gasteiger partial charge in [0.2, 0.25) is 0 Å². The van der Waals surface area contributed by atoms with Crippen LogP contribution in [0, 0.1) is 11.7 Å². The normalized spacial score (nSPS) is 14.8. The predicted molar refractivity (Wildman–Crippen MR) is 69.2 cm³/mol. The van der Waals surface area contributed by atoms with Crippen molar-refractivity contribution in [2.24, 2.45) is 11.7 Å². The lowest BCUT2D eigenvalue weighted by atomic mass is 10.1. The molecule has 0 aliphatic rings. The lowest BCUT2D eigenvalue weighted by Gasteiger charge is -2.14. The second-order valence-corrected chi connectivity index (χ2v) is 5.30. The SMILES string of the molecule is CCC(C)CSc1c(F)cccc1C(C)N. The van der Waals surface area contributed by atoms with E-state index in [0.717, 1.165) is 22.6 Å². The van der Waals surface area contributed by atoms with Crippen molar-refractivity contribution in [2.45, 2.75) is 38.1 Å². The molecule has 0 saturated carbocycles. The zero-order valence-corrected chi connectivity index (χ0v) is 11.0. The molecule has 0 aromatic heterocycles. The van der Waals surface area contributed by atoms with Crippen LogP contribution in [0.5, 0.6) is 0 Å². The molecule has 0 amide bonds. The largest absolute Gasteiger partial charge is 0.324 e. The highest BCUT2D eigenvalue weighted by Gasteiger charge is 2.12. The first-order valence-corrected chi connectivity index (χ1v) is 6.71. The van der Waals surface area contributed by atoms with E-state index in [9.17, 15) is 4.39 Å². The zero-order chi connectivity index (χ0) is 12.1. The Bertz CT molecular complexity index is 339. The van der Waals surface area contributed by atoms with Gasteiger partial charge >= 0.3 is 0 Å². The third-order valence-electron chi connectivity index (χ3n) is 2.70. The van der Waals surface area contributed by atoms with Crippen LogP contribution >= 0.6 is 11.8 Å². The maximum Gasteiger partial charge on any atom is 0.137 e. The van der Waals surface area contributed by atoms with Crippen molar-refractivity contribution in [3.8, 4) is 0 Å². The van der Waals surface area contributed by atoms with Gasteiger partial charge in [0.25, 0.3) is 0 Å². The van der Waals surface area contributed by atoms with Gasteiger partial charge in [-0.25, -0.2) is 4.39 Å². The van der Waals surface area contributed by atoms with Gasteiger partial charge in [0, 0.05) is 16.7 Å². The molecule has 0 saturated heterocycles. The van der Waals surface area contributed by atoms with E-state index >= 15 is 0 Å². The van der Waals surface area contributed by atoms with Gasteiger partial charge in [-0.15, -0.1) is 11.8 Å². The van der Waals surface area contributed by atoms with E-state index in [-0.39, 0.29) is 11.9 Å². The molecule has 1 aromatic carbocycles. The zero-order valence-electron chi connectivity index (χ0n) is 10.2. The summed E-state index contributed by atoms with van der Waals surface area (Å²) in [4.78, 5) is 0.720. The number of benzene rings is 1. The molecule has 1 nitrogen and oxygen atoms in total. The average molecular weight is 241 g/mol. The molecule has 0 heterocycles. The summed E-state index contributed by atoms with van der Waals surface area (Å²) in [5, 5.41) is 0. The molecule has 0 aliphatic heterocycles. The minimum Gasteiger partial charge on any atom is -0.324 e. The number of rotatable bonds is 5. The summed E-state index contributed by atoms with van der Waals surface area (Å²) in [6, 6.07) is 5.02. The Labute approximate surface area is 102 Å². The molecule has 0 bridgehead atoms. The molecule has 2 N–H and O–H groups in total. The van der Waals surface area contributed by atoms with Crippen LogP contribution < -0.4 is 5.73 Å². The smallest absolute Gasteiger partial charge is 0.137 e. The van der Waals surface area contributed by atoms with Crippen LogP contribution in [0.15, 0.2) is 23.1 Å². The number of halogens is 1. The fourth-order valence-corrected chi connectivity index (χ4v) is 2.69. The quantitative estimate of drug-likeness (QED) is 0.789. The Hall–Kier alpha value is -0.540. The molecule has 2 unspecified atom stereocenters. The molecule has 0 fully saturated rings. The second-order valence-electron chi connectivity index (χ2n) is 4.27. The fourth-order valence-electron chi connectivity index (χ4n) is 1.38. The van der Waals surface area contributed by atoms with Gasteiger partial charge in [0.15, 0.2) is 0 Å². The summed E-state index contributed by atoms with van der Waals surface area (Å²) in [6.07, 6.45) is 1.12. The second kappa shape index (κ2) is 6.26. The van der Waals surface area contributed by atoms with Gasteiger partial charge in [0.1, 0.15) is 5.82 Å². The van der Waals surface area contributed by atoms with Crippen LogP contribution in [0.1, 0.15) is 38.8 Å². The molecule has 0 radical (unpaired) electrons. The molecule has 0 aliphatic carbocycles. The molecule has 90 valence electrons. The minimum atomic E-state index is -0.150. The summed E-state index contributed by atoms with van der Waals surface area (Å²) in [5.41, 5.74) is 6.75. The highest BCUT2D eigenvalue weighted by Crippen LogP contribution is 2.31. The molecular formula is C13H20FNS. The van der Waals surface area contributed by atoms with Crippen molar-refractivity contribution in [3.05, 3.63) is 29.6 Å². The van der Waals surface area contributed by atoms with E-state index in [4.69, 9.17) is 5.73 Å². The summed E-state index contributed by atoms with van der Waals surface area (Å²) in [5.74, 6) is 1.39. The summed E-state index contributed by atoms with van der Waals surface area (Å²) in [6.45, 7) is 6.22. The molecule has 0 spiro atoms. The van der Waals surface area contributed by atoms with E-state index < -0.39 is 0 Å². The van der Waals surface area contributed by atoms with Crippen LogP contribution in [0.25, 0.3) is 0 Å². The van der Waals surface area contributed by atoms with Gasteiger partial charge in [-0.1, -0.05) is 32.4 Å². The number of hydrogen-bond acceptors (Lipinski definition) is 2. The standard InChI is InChI=1S/C13H20FNS/c1-4-9(2)8-16-13-11(10(3)15)6-5-7-12(13)14/h5-7,9-10H,4,8,15H2,1-3H3. The molecule has 2 atom stereocenters. The lowest BCUT2D eigenvalue weighted by molar-refractivity contribution is 0.589. The Morgan fingerprint density at radius 3 is 2.62 bits per heavy atom. The van der Waals surface area contributed by atoms with E-state index in [1.54, 1.807) is 17.8 Å². The Balaban J connectivity index is 2.84. The topological polar surface area (TPSA) is 26.0 Å². The molecule has 1 rings (SSSR count). The molecule has 3 heteroatoms. The van der Waals surface area contributed by atoms with Crippen LogP contribution in [0.2, 0.25) is 0 Å². The van der Waals surface area contributed by atoms with Crippen molar-refractivity contribution in [1.82, 2.24) is 0 Å². The number of nitrogens with two attached hydrogens (primary N) is 1. The Morgan fingerprint density at radius 2 is 2.06 bits per heavy atom. The predicted octanol–water partition coefficient (Wildman–Crippen LogP) is 3.98. The minimum absolute atomic E-state index is 0.116. The summed E-state index contributed by atoms with van der Waals surface area (Å²) < 4.78 is 13.7. The Kier molecular flexibility index (Phi) is 5.29. The average Bonchev–Trinajstić information content (AvgIpc) is 2.26. The van der Waals surface area contributed by atoms with Gasteiger partial charge in [0.05, 0.1) is 0 Å². The third kappa shape index (κ3) is 3.49. The first-order valence-electron chi connectivity index (χ1n) is 5.73. The summed E-state index contributed by atoms with van der Waals surface area (Å²) in [7, 11) is 0. The van der Waals surface area contributed by atoms with Gasteiger partial charge < -0.3 is 5.73 Å². The van der Waals surface area contributed by atoms with Crippen molar-refractivity contribution < 1.29 is 4.39 Å². The van der Waals surface area contributed by atoms with Crippen LogP contribution in [0.3, 0.4) is 0 Å². The summed E-state index contributed by atoms with van der Waals surface area (Å²) >= 11 is 1.58. The lowest BCUT2D eigenvalue weighted by Crippen LogP contribution is -2.08. The maximum atomic E-state index is 13.7. The van der Waals surface area contributed by atoms with Crippen molar-refractivity contribution >= 4 is 11.8 Å². The van der Waals surface area contributed by atoms with E-state index in [1.165, 1.54) is 6.07 Å². The first-order chi connectivity index (χ1) is 7.56. The fraction of sp³-hybridized carbons (Fsp3) is 0.538. The van der Waals surface area contributed by atoms with E-state index in [1.807, 2.05) is 13.0 Å². The highest BCUT2D eigenvalue weighted by molar-refractivity contribution is 7.99. The third-order valence-corrected chi connectivity index (χ3v) is 4.15. The van der Waals surface area contributed by atoms with Crippen molar-refractivity contribution in [1.29, 1.82) is 0 Å². The monoisotopic (exact) mass is 241 g/mol. The van der Waals surface area contributed by atoms with Crippen molar-refractivity contribution in [3.63, 3.8) is 0 Å². The first kappa shape index (κ1) is 13.5. The van der Waals surface area contributed by atoms with Gasteiger partial charge in [-0.2, -0.15) is 0 Å². The van der Waals surface area contributed by atoms with Crippen LogP contribution in [-0.2, 0) is 0 Å². The Morgan fingerprint density at radius 1 is 1.38 bits per heavy atom.